The van der Waals surface area contributed by atoms with Gasteiger partial charge in [0.15, 0.2) is 0 Å². The van der Waals surface area contributed by atoms with Crippen LogP contribution < -0.4 is 10.2 Å². The van der Waals surface area contributed by atoms with Crippen LogP contribution in [0.1, 0.15) is 172 Å². The molecule has 6 nitrogen and oxygen atoms in total. The summed E-state index contributed by atoms with van der Waals surface area (Å²) in [6.07, 6.45) is 16.6. The predicted octanol–water partition coefficient (Wildman–Crippen LogP) is 9.24. The molecule has 2 atom stereocenters. The first-order chi connectivity index (χ1) is 19.9. The molecule has 2 aromatic rings. The van der Waals surface area contributed by atoms with Gasteiger partial charge in [0.1, 0.15) is 0 Å². The van der Waals surface area contributed by atoms with Crippen molar-refractivity contribution in [1.29, 1.82) is 0 Å². The molecule has 2 N–H and O–H groups in total. The monoisotopic (exact) mass is 646 g/mol. The smallest absolute Gasteiger partial charge is 0.872 e. The molecule has 43 heavy (non-hydrogen) atoms. The molecule has 2 unspecified atom stereocenters. The Morgan fingerprint density at radius 3 is 1.21 bits per heavy atom. The molecule has 0 aliphatic heterocycles. The molecule has 0 aliphatic rings. The van der Waals surface area contributed by atoms with Crippen molar-refractivity contribution in [1.82, 2.24) is 0 Å². The van der Waals surface area contributed by atoms with Gasteiger partial charge < -0.3 is 20.4 Å². The fourth-order valence-electron chi connectivity index (χ4n) is 5.42. The Bertz CT molecular complexity index is 1030. The molecule has 0 bridgehead atoms. The van der Waals surface area contributed by atoms with Gasteiger partial charge in [-0.25, -0.2) is 9.59 Å². The van der Waals surface area contributed by atoms with E-state index in [2.05, 4.69) is 13.8 Å². The molecular weight excluding hydrogens is 594 g/mol. The van der Waals surface area contributed by atoms with Gasteiger partial charge in [0, 0.05) is 0 Å². The Balaban J connectivity index is 0.000000802. The molecule has 0 spiro atoms. The molecule has 0 aromatic heterocycles. The molecule has 2 rings (SSSR count). The van der Waals surface area contributed by atoms with Crippen LogP contribution in [0.2, 0.25) is 0 Å². The number of aromatic carboxylic acids is 2. The van der Waals surface area contributed by atoms with E-state index in [0.29, 0.717) is 11.1 Å². The first-order valence-electron chi connectivity index (χ1n) is 16.0. The Morgan fingerprint density at radius 2 is 0.907 bits per heavy atom. The van der Waals surface area contributed by atoms with Gasteiger partial charge in [0.2, 0.25) is 0 Å². The van der Waals surface area contributed by atoms with E-state index in [9.17, 15) is 19.8 Å². The van der Waals surface area contributed by atoms with Crippen molar-refractivity contribution < 1.29 is 49.5 Å². The standard InChI is InChI=1S/2C18H28O3.Zn/c2*1-4-5-6-7-8-9-10-14(3)15-11-13(2)12-16(17(15)19)18(20)21;/h2*11-12,14,19H,4-10H2,1-3H3,(H,20,21);/q;;+2/p-2. The average molecular weight is 648 g/mol. The van der Waals surface area contributed by atoms with E-state index in [1.54, 1.807) is 0 Å². The minimum Gasteiger partial charge on any atom is -0.872 e. The number of carboxylic acid groups (broad SMARTS) is 2. The van der Waals surface area contributed by atoms with E-state index in [1.807, 2.05) is 39.8 Å². The molecule has 0 heterocycles. The molecule has 0 aliphatic carbocycles. The van der Waals surface area contributed by atoms with Crippen molar-refractivity contribution in [3.05, 3.63) is 57.6 Å². The van der Waals surface area contributed by atoms with Crippen molar-refractivity contribution in [2.75, 3.05) is 0 Å². The number of carboxylic acids is 2. The zero-order valence-electron chi connectivity index (χ0n) is 27.6. The number of benzene rings is 2. The van der Waals surface area contributed by atoms with Gasteiger partial charge in [-0.2, -0.15) is 0 Å². The molecule has 236 valence electrons. The summed E-state index contributed by atoms with van der Waals surface area (Å²) in [5.41, 5.74) is 2.80. The second-order valence-electron chi connectivity index (χ2n) is 12.0. The Kier molecular flexibility index (Phi) is 20.9. The first-order valence-corrected chi connectivity index (χ1v) is 16.0. The maximum atomic E-state index is 12.2. The van der Waals surface area contributed by atoms with E-state index in [4.69, 9.17) is 10.2 Å². The van der Waals surface area contributed by atoms with Crippen LogP contribution >= 0.6 is 0 Å². The summed E-state index contributed by atoms with van der Waals surface area (Å²) in [5.74, 6) is -2.63. The van der Waals surface area contributed by atoms with Crippen molar-refractivity contribution in [2.45, 2.75) is 143 Å². The van der Waals surface area contributed by atoms with Crippen LogP contribution in [0.3, 0.4) is 0 Å². The number of rotatable bonds is 18. The summed E-state index contributed by atoms with van der Waals surface area (Å²) in [4.78, 5) is 22.2. The summed E-state index contributed by atoms with van der Waals surface area (Å²) < 4.78 is 0. The van der Waals surface area contributed by atoms with E-state index >= 15 is 0 Å². The second kappa shape index (κ2) is 22.2. The number of aryl methyl sites for hydroxylation is 2. The van der Waals surface area contributed by atoms with Gasteiger partial charge in [0.25, 0.3) is 0 Å². The normalized spacial score (nSPS) is 12.0. The summed E-state index contributed by atoms with van der Waals surface area (Å²) in [6.45, 7) is 12.1. The first kappa shape index (κ1) is 40.6. The number of hydrogen-bond donors (Lipinski definition) is 2. The molecule has 0 radical (unpaired) electrons. The van der Waals surface area contributed by atoms with Gasteiger partial charge in [-0.15, -0.1) is 0 Å². The topological polar surface area (TPSA) is 121 Å². The van der Waals surface area contributed by atoms with Crippen molar-refractivity contribution in [3.8, 4) is 11.5 Å². The molecule has 0 fully saturated rings. The van der Waals surface area contributed by atoms with E-state index in [-0.39, 0.29) is 53.9 Å². The fraction of sp³-hybridized carbons (Fsp3) is 0.611. The molecule has 0 saturated carbocycles. The SMILES string of the molecule is CCCCCCCCC(C)c1cc(C)cc(C(=O)O)c1[O-].CCCCCCCCC(C)c1cc(C)cc(C(=O)O)c1[O-].[Zn+2]. The van der Waals surface area contributed by atoms with Crippen molar-refractivity contribution in [3.63, 3.8) is 0 Å². The van der Waals surface area contributed by atoms with Crippen LogP contribution in [0.15, 0.2) is 24.3 Å². The largest absolute Gasteiger partial charge is 2.00 e. The minimum absolute atomic E-state index is 0. The van der Waals surface area contributed by atoms with Crippen LogP contribution in [0.4, 0.5) is 0 Å². The van der Waals surface area contributed by atoms with Crippen molar-refractivity contribution >= 4 is 11.9 Å². The summed E-state index contributed by atoms with van der Waals surface area (Å²) in [6, 6.07) is 6.62. The van der Waals surface area contributed by atoms with Gasteiger partial charge in [0.05, 0.1) is 11.1 Å². The Hall–Kier alpha value is -2.40. The number of carbonyl (C=O) groups is 2. The molecule has 7 heteroatoms. The van der Waals surface area contributed by atoms with Crippen LogP contribution in [-0.4, -0.2) is 22.2 Å². The van der Waals surface area contributed by atoms with Gasteiger partial charge in [-0.1, -0.05) is 151 Å². The van der Waals surface area contributed by atoms with E-state index in [0.717, 1.165) is 36.8 Å². The van der Waals surface area contributed by atoms with Crippen molar-refractivity contribution in [2.24, 2.45) is 0 Å². The zero-order valence-corrected chi connectivity index (χ0v) is 30.6. The fourth-order valence-corrected chi connectivity index (χ4v) is 5.42. The third kappa shape index (κ3) is 14.8. The zero-order chi connectivity index (χ0) is 31.7. The molecule has 0 amide bonds. The molecular formula is C36H54O6Zn. The maximum Gasteiger partial charge on any atom is 2.00 e. The number of unbranched alkanes of at least 4 members (excludes halogenated alkanes) is 10. The number of hydrogen-bond acceptors (Lipinski definition) is 4. The molecule has 0 saturated heterocycles. The summed E-state index contributed by atoms with van der Waals surface area (Å²) >= 11 is 0. The van der Waals surface area contributed by atoms with Gasteiger partial charge in [-0.05, 0) is 50.7 Å². The van der Waals surface area contributed by atoms with Gasteiger partial charge in [-0.3, -0.25) is 0 Å². The quantitative estimate of drug-likeness (QED) is 0.123. The minimum atomic E-state index is -1.13. The maximum absolute atomic E-state index is 12.2. The van der Waals surface area contributed by atoms with Crippen LogP contribution in [0.25, 0.3) is 0 Å². The van der Waals surface area contributed by atoms with Crippen LogP contribution in [0.5, 0.6) is 11.5 Å². The summed E-state index contributed by atoms with van der Waals surface area (Å²) in [7, 11) is 0. The van der Waals surface area contributed by atoms with E-state index < -0.39 is 11.9 Å². The van der Waals surface area contributed by atoms with Crippen LogP contribution in [-0.2, 0) is 19.5 Å². The third-order valence-electron chi connectivity index (χ3n) is 8.03. The van der Waals surface area contributed by atoms with Gasteiger partial charge >= 0.3 is 31.4 Å². The van der Waals surface area contributed by atoms with E-state index in [1.165, 1.54) is 76.3 Å². The Labute approximate surface area is 273 Å². The third-order valence-corrected chi connectivity index (χ3v) is 8.03. The molecule has 2 aromatic carbocycles. The summed E-state index contributed by atoms with van der Waals surface area (Å²) in [5, 5.41) is 42.6. The average Bonchev–Trinajstić information content (AvgIpc) is 2.94. The van der Waals surface area contributed by atoms with Crippen LogP contribution in [0, 0.1) is 13.8 Å². The Morgan fingerprint density at radius 1 is 0.605 bits per heavy atom. The predicted molar refractivity (Wildman–Crippen MR) is 168 cm³/mol. The second-order valence-corrected chi connectivity index (χ2v) is 12.0.